The first-order valence-electron chi connectivity index (χ1n) is 9.20. The number of ether oxygens (including phenoxy) is 2. The summed E-state index contributed by atoms with van der Waals surface area (Å²) in [6.07, 6.45) is 2.21. The highest BCUT2D eigenvalue weighted by molar-refractivity contribution is 7.09. The van der Waals surface area contributed by atoms with Crippen LogP contribution in [0.4, 0.5) is 0 Å². The summed E-state index contributed by atoms with van der Waals surface area (Å²) in [5.74, 6) is -1.22. The van der Waals surface area contributed by atoms with Gasteiger partial charge in [-0.3, -0.25) is 4.79 Å². The maximum absolute atomic E-state index is 12.2. The van der Waals surface area contributed by atoms with Crippen LogP contribution in [0.2, 0.25) is 0 Å². The third-order valence-corrected chi connectivity index (χ3v) is 5.32. The molecule has 0 aliphatic heterocycles. The molecule has 2 aromatic rings. The number of nitrogens with one attached hydrogen (secondary N) is 1. The Morgan fingerprint density at radius 1 is 1.38 bits per heavy atom. The van der Waals surface area contributed by atoms with E-state index in [0.717, 1.165) is 23.4 Å². The molecule has 0 atom stereocenters. The van der Waals surface area contributed by atoms with Crippen molar-refractivity contribution in [3.05, 3.63) is 51.0 Å². The van der Waals surface area contributed by atoms with Crippen molar-refractivity contribution in [2.75, 3.05) is 26.9 Å². The molecule has 0 radical (unpaired) electrons. The monoisotopic (exact) mass is 415 g/mol. The SMILES string of the molecule is COCCn1c(C)cc(/C=C(\C#N)C(=O)OCC(=O)NCCc2cccs2)c1C. The van der Waals surface area contributed by atoms with Gasteiger partial charge < -0.3 is 19.4 Å². The fraction of sp³-hybridized carbons (Fsp3) is 0.381. The van der Waals surface area contributed by atoms with Crippen LogP contribution >= 0.6 is 11.3 Å². The molecule has 0 aliphatic carbocycles. The van der Waals surface area contributed by atoms with Crippen molar-refractivity contribution in [1.29, 1.82) is 5.26 Å². The van der Waals surface area contributed by atoms with Crippen LogP contribution in [0.15, 0.2) is 29.2 Å². The molecular formula is C21H25N3O4S. The Morgan fingerprint density at radius 3 is 2.83 bits per heavy atom. The number of nitrogens with zero attached hydrogens (tertiary/aromatic N) is 2. The fourth-order valence-corrected chi connectivity index (χ4v) is 3.54. The lowest BCUT2D eigenvalue weighted by Gasteiger charge is -2.08. The van der Waals surface area contributed by atoms with E-state index in [2.05, 4.69) is 9.88 Å². The van der Waals surface area contributed by atoms with Crippen LogP contribution in [0.5, 0.6) is 0 Å². The van der Waals surface area contributed by atoms with Crippen molar-refractivity contribution in [3.63, 3.8) is 0 Å². The van der Waals surface area contributed by atoms with Gasteiger partial charge in [-0.1, -0.05) is 6.07 Å². The maximum atomic E-state index is 12.2. The average Bonchev–Trinajstić information content (AvgIpc) is 3.31. The van der Waals surface area contributed by atoms with E-state index in [0.29, 0.717) is 19.7 Å². The van der Waals surface area contributed by atoms with Gasteiger partial charge in [0.1, 0.15) is 11.6 Å². The lowest BCUT2D eigenvalue weighted by molar-refractivity contribution is -0.144. The molecule has 7 nitrogen and oxygen atoms in total. The van der Waals surface area contributed by atoms with Crippen molar-refractivity contribution >= 4 is 29.3 Å². The summed E-state index contributed by atoms with van der Waals surface area (Å²) in [6, 6.07) is 7.70. The first kappa shape index (κ1) is 22.4. The van der Waals surface area contributed by atoms with E-state index in [1.807, 2.05) is 43.5 Å². The summed E-state index contributed by atoms with van der Waals surface area (Å²) >= 11 is 1.62. The molecule has 0 bridgehead atoms. The van der Waals surface area contributed by atoms with E-state index < -0.39 is 18.5 Å². The van der Waals surface area contributed by atoms with Gasteiger partial charge in [0.15, 0.2) is 6.61 Å². The summed E-state index contributed by atoms with van der Waals surface area (Å²) in [5, 5.41) is 14.0. The van der Waals surface area contributed by atoms with Crippen LogP contribution in [0, 0.1) is 25.2 Å². The molecular weight excluding hydrogens is 390 g/mol. The third-order valence-electron chi connectivity index (χ3n) is 4.38. The molecule has 0 fully saturated rings. The number of nitriles is 1. The lowest BCUT2D eigenvalue weighted by atomic mass is 10.1. The van der Waals surface area contributed by atoms with Crippen molar-refractivity contribution in [1.82, 2.24) is 9.88 Å². The van der Waals surface area contributed by atoms with E-state index in [-0.39, 0.29) is 5.57 Å². The topological polar surface area (TPSA) is 93.3 Å². The highest BCUT2D eigenvalue weighted by atomic mass is 32.1. The first-order valence-corrected chi connectivity index (χ1v) is 10.1. The number of amides is 1. The Hall–Kier alpha value is -2.89. The molecule has 0 aliphatic rings. The van der Waals surface area contributed by atoms with Crippen molar-refractivity contribution in [2.24, 2.45) is 0 Å². The second-order valence-electron chi connectivity index (χ2n) is 6.40. The summed E-state index contributed by atoms with van der Waals surface area (Å²) in [6.45, 7) is 5.15. The van der Waals surface area contributed by atoms with Crippen LogP contribution in [0.1, 0.15) is 21.8 Å². The molecule has 1 N–H and O–H groups in total. The third kappa shape index (κ3) is 6.59. The molecule has 2 rings (SSSR count). The van der Waals surface area contributed by atoms with Gasteiger partial charge in [-0.05, 0) is 49.4 Å². The highest BCUT2D eigenvalue weighted by Crippen LogP contribution is 2.18. The zero-order valence-electron chi connectivity index (χ0n) is 16.9. The molecule has 0 saturated carbocycles. The summed E-state index contributed by atoms with van der Waals surface area (Å²) in [4.78, 5) is 25.2. The molecule has 0 aromatic carbocycles. The predicted molar refractivity (Wildman–Crippen MR) is 111 cm³/mol. The van der Waals surface area contributed by atoms with Crippen LogP contribution in [-0.2, 0) is 32.0 Å². The van der Waals surface area contributed by atoms with E-state index in [9.17, 15) is 14.9 Å². The number of hydrogen-bond acceptors (Lipinski definition) is 6. The number of carbonyl (C=O) groups excluding carboxylic acids is 2. The van der Waals surface area contributed by atoms with Crippen LogP contribution in [-0.4, -0.2) is 43.3 Å². The molecule has 8 heteroatoms. The predicted octanol–water partition coefficient (Wildman–Crippen LogP) is 2.62. The molecule has 2 heterocycles. The Kier molecular flexibility index (Phi) is 8.65. The van der Waals surface area contributed by atoms with Crippen LogP contribution < -0.4 is 5.32 Å². The quantitative estimate of drug-likeness (QED) is 0.366. The number of hydrogen-bond donors (Lipinski definition) is 1. The molecule has 154 valence electrons. The molecule has 0 saturated heterocycles. The smallest absolute Gasteiger partial charge is 0.349 e. The van der Waals surface area contributed by atoms with Gasteiger partial charge in [-0.25, -0.2) is 4.79 Å². The summed E-state index contributed by atoms with van der Waals surface area (Å²) in [5.41, 5.74) is 2.53. The second kappa shape index (κ2) is 11.2. The van der Waals surface area contributed by atoms with Gasteiger partial charge in [0.25, 0.3) is 5.91 Å². The highest BCUT2D eigenvalue weighted by Gasteiger charge is 2.15. The van der Waals surface area contributed by atoms with Gasteiger partial charge in [-0.15, -0.1) is 11.3 Å². The Labute approximate surface area is 174 Å². The zero-order chi connectivity index (χ0) is 21.2. The van der Waals surface area contributed by atoms with E-state index >= 15 is 0 Å². The average molecular weight is 416 g/mol. The number of aryl methyl sites for hydroxylation is 1. The van der Waals surface area contributed by atoms with E-state index in [4.69, 9.17) is 9.47 Å². The van der Waals surface area contributed by atoms with E-state index in [1.165, 1.54) is 11.0 Å². The molecule has 0 spiro atoms. The first-order chi connectivity index (χ1) is 14.0. The molecule has 29 heavy (non-hydrogen) atoms. The Morgan fingerprint density at radius 2 is 2.17 bits per heavy atom. The minimum absolute atomic E-state index is 0.150. The van der Waals surface area contributed by atoms with Crippen molar-refractivity contribution in [3.8, 4) is 6.07 Å². The van der Waals surface area contributed by atoms with Crippen molar-refractivity contribution in [2.45, 2.75) is 26.8 Å². The number of rotatable bonds is 10. The van der Waals surface area contributed by atoms with Crippen LogP contribution in [0.25, 0.3) is 6.08 Å². The summed E-state index contributed by atoms with van der Waals surface area (Å²) < 4.78 is 12.2. The fourth-order valence-electron chi connectivity index (χ4n) is 2.83. The standard InChI is InChI=1S/C21H25N3O4S/c1-15-11-17(16(2)24(15)8-9-27-3)12-18(13-22)21(26)28-14-20(25)23-7-6-19-5-4-10-29-19/h4-5,10-12H,6-9,14H2,1-3H3,(H,23,25)/b18-12+. The van der Waals surface area contributed by atoms with Gasteiger partial charge >= 0.3 is 5.97 Å². The Bertz CT molecular complexity index is 907. The zero-order valence-corrected chi connectivity index (χ0v) is 17.7. The van der Waals surface area contributed by atoms with Gasteiger partial charge in [0.05, 0.1) is 6.61 Å². The second-order valence-corrected chi connectivity index (χ2v) is 7.43. The lowest BCUT2D eigenvalue weighted by Crippen LogP contribution is -2.30. The molecule has 2 aromatic heterocycles. The maximum Gasteiger partial charge on any atom is 0.349 e. The summed E-state index contributed by atoms with van der Waals surface area (Å²) in [7, 11) is 1.64. The normalized spacial score (nSPS) is 11.2. The van der Waals surface area contributed by atoms with Crippen LogP contribution in [0.3, 0.4) is 0 Å². The Balaban J connectivity index is 1.91. The number of esters is 1. The minimum atomic E-state index is -0.817. The molecule has 0 unspecified atom stereocenters. The van der Waals surface area contributed by atoms with Gasteiger partial charge in [0, 0.05) is 36.5 Å². The van der Waals surface area contributed by atoms with Gasteiger partial charge in [-0.2, -0.15) is 5.26 Å². The van der Waals surface area contributed by atoms with E-state index in [1.54, 1.807) is 18.4 Å². The minimum Gasteiger partial charge on any atom is -0.451 e. The number of thiophene rings is 1. The number of aromatic nitrogens is 1. The number of carbonyl (C=O) groups is 2. The van der Waals surface area contributed by atoms with Crippen molar-refractivity contribution < 1.29 is 19.1 Å². The van der Waals surface area contributed by atoms with Gasteiger partial charge in [0.2, 0.25) is 0 Å². The largest absolute Gasteiger partial charge is 0.451 e. The number of methoxy groups -OCH3 is 1. The molecule has 1 amide bonds.